The maximum absolute atomic E-state index is 11.9. The molecule has 20 heavy (non-hydrogen) atoms. The summed E-state index contributed by atoms with van der Waals surface area (Å²) >= 11 is 0. The third kappa shape index (κ3) is 4.78. The van der Waals surface area contributed by atoms with Crippen molar-refractivity contribution in [3.8, 4) is 0 Å². The summed E-state index contributed by atoms with van der Waals surface area (Å²) < 4.78 is 0. The first-order valence-electron chi connectivity index (χ1n) is 6.98. The van der Waals surface area contributed by atoms with E-state index in [1.807, 2.05) is 0 Å². The highest BCUT2D eigenvalue weighted by molar-refractivity contribution is 5.78. The van der Waals surface area contributed by atoms with Crippen molar-refractivity contribution in [2.75, 3.05) is 52.0 Å². The van der Waals surface area contributed by atoms with Gasteiger partial charge in [-0.15, -0.1) is 5.10 Å². The molecule has 0 aromatic carbocycles. The number of nitrogens with one attached hydrogen (secondary N) is 2. The molecule has 8 nitrogen and oxygen atoms in total. The number of nitrogen functional groups attached to an aromatic ring is 1. The van der Waals surface area contributed by atoms with Gasteiger partial charge in [0.05, 0.1) is 6.54 Å². The summed E-state index contributed by atoms with van der Waals surface area (Å²) in [5, 5.41) is 9.36. The molecule has 1 amide bonds. The molecule has 0 bridgehead atoms. The summed E-state index contributed by atoms with van der Waals surface area (Å²) in [6, 6.07) is 0. The maximum atomic E-state index is 11.9. The molecule has 0 radical (unpaired) electrons. The number of aromatic nitrogens is 3. The van der Waals surface area contributed by atoms with Crippen LogP contribution in [-0.2, 0) is 11.2 Å². The van der Waals surface area contributed by atoms with E-state index in [0.29, 0.717) is 25.3 Å². The van der Waals surface area contributed by atoms with E-state index in [9.17, 15) is 4.79 Å². The van der Waals surface area contributed by atoms with E-state index < -0.39 is 0 Å². The van der Waals surface area contributed by atoms with E-state index >= 15 is 0 Å². The summed E-state index contributed by atoms with van der Waals surface area (Å²) in [6.07, 6.45) is 1.72. The van der Waals surface area contributed by atoms with E-state index in [4.69, 9.17) is 5.73 Å². The van der Waals surface area contributed by atoms with E-state index in [-0.39, 0.29) is 11.9 Å². The van der Waals surface area contributed by atoms with Crippen LogP contribution in [0.3, 0.4) is 0 Å². The number of amides is 1. The normalized spacial score (nSPS) is 17.9. The van der Waals surface area contributed by atoms with Crippen LogP contribution in [0.15, 0.2) is 0 Å². The number of nitrogens with zero attached hydrogens (tertiary/aromatic N) is 4. The van der Waals surface area contributed by atoms with Crippen molar-refractivity contribution in [2.24, 2.45) is 0 Å². The SMILES string of the molecule is CN1CCCN(CC(=O)NCCc2nc(N)n[nH]2)CC1. The fourth-order valence-corrected chi connectivity index (χ4v) is 2.26. The Bertz CT molecular complexity index is 433. The van der Waals surface area contributed by atoms with Gasteiger partial charge in [-0.05, 0) is 26.6 Å². The van der Waals surface area contributed by atoms with Gasteiger partial charge in [-0.3, -0.25) is 14.8 Å². The number of carbonyl (C=O) groups is 1. The molecule has 0 saturated carbocycles. The van der Waals surface area contributed by atoms with Gasteiger partial charge in [0.25, 0.3) is 0 Å². The Balaban J connectivity index is 1.64. The Morgan fingerprint density at radius 2 is 2.25 bits per heavy atom. The van der Waals surface area contributed by atoms with Gasteiger partial charge in [-0.1, -0.05) is 0 Å². The molecular formula is C12H23N7O. The zero-order chi connectivity index (χ0) is 14.4. The third-order valence-electron chi connectivity index (χ3n) is 3.41. The van der Waals surface area contributed by atoms with Gasteiger partial charge in [0.1, 0.15) is 5.82 Å². The molecule has 0 aliphatic carbocycles. The van der Waals surface area contributed by atoms with E-state index in [2.05, 4.69) is 37.3 Å². The Labute approximate surface area is 118 Å². The number of H-pyrrole nitrogens is 1. The molecule has 1 fully saturated rings. The first-order chi connectivity index (χ1) is 9.63. The van der Waals surface area contributed by atoms with Crippen LogP contribution in [0.25, 0.3) is 0 Å². The van der Waals surface area contributed by atoms with Crippen molar-refractivity contribution >= 4 is 11.9 Å². The lowest BCUT2D eigenvalue weighted by atomic mass is 10.3. The lowest BCUT2D eigenvalue weighted by molar-refractivity contribution is -0.122. The second kappa shape index (κ2) is 7.20. The molecule has 0 atom stereocenters. The topological polar surface area (TPSA) is 103 Å². The molecular weight excluding hydrogens is 258 g/mol. The van der Waals surface area contributed by atoms with Gasteiger partial charge in [-0.2, -0.15) is 4.98 Å². The van der Waals surface area contributed by atoms with E-state index in [1.165, 1.54) is 0 Å². The van der Waals surface area contributed by atoms with Crippen molar-refractivity contribution in [1.29, 1.82) is 0 Å². The summed E-state index contributed by atoms with van der Waals surface area (Å²) in [6.45, 7) is 5.06. The Kier molecular flexibility index (Phi) is 5.31. The van der Waals surface area contributed by atoms with Gasteiger partial charge >= 0.3 is 0 Å². The number of hydrogen-bond acceptors (Lipinski definition) is 6. The van der Waals surface area contributed by atoms with Gasteiger partial charge in [0.2, 0.25) is 11.9 Å². The monoisotopic (exact) mass is 281 g/mol. The van der Waals surface area contributed by atoms with Crippen LogP contribution < -0.4 is 11.1 Å². The highest BCUT2D eigenvalue weighted by Gasteiger charge is 2.14. The molecule has 1 aliphatic heterocycles. The third-order valence-corrected chi connectivity index (χ3v) is 3.41. The minimum absolute atomic E-state index is 0.0574. The zero-order valence-electron chi connectivity index (χ0n) is 11.9. The summed E-state index contributed by atoms with van der Waals surface area (Å²) in [5.74, 6) is 0.987. The maximum Gasteiger partial charge on any atom is 0.239 e. The molecule has 4 N–H and O–H groups in total. The molecule has 8 heteroatoms. The van der Waals surface area contributed by atoms with Crippen molar-refractivity contribution in [2.45, 2.75) is 12.8 Å². The van der Waals surface area contributed by atoms with Gasteiger partial charge in [-0.25, -0.2) is 0 Å². The number of hydrogen-bond donors (Lipinski definition) is 3. The lowest BCUT2D eigenvalue weighted by Crippen LogP contribution is -2.39. The minimum Gasteiger partial charge on any atom is -0.367 e. The van der Waals surface area contributed by atoms with Crippen LogP contribution in [0.2, 0.25) is 0 Å². The molecule has 0 spiro atoms. The standard InChI is InChI=1S/C12H23N7O/c1-18-5-2-6-19(8-7-18)9-11(20)14-4-3-10-15-12(13)17-16-10/h2-9H2,1H3,(H,14,20)(H3,13,15,16,17). The van der Waals surface area contributed by atoms with E-state index in [1.54, 1.807) is 0 Å². The number of rotatable bonds is 5. The number of aromatic amines is 1. The van der Waals surface area contributed by atoms with Crippen LogP contribution in [0, 0.1) is 0 Å². The van der Waals surface area contributed by atoms with Crippen LogP contribution >= 0.6 is 0 Å². The van der Waals surface area contributed by atoms with Crippen LogP contribution in [0.1, 0.15) is 12.2 Å². The second-order valence-corrected chi connectivity index (χ2v) is 5.17. The largest absolute Gasteiger partial charge is 0.367 e. The molecule has 0 unspecified atom stereocenters. The molecule has 1 aromatic rings. The predicted octanol–water partition coefficient (Wildman–Crippen LogP) is -1.32. The average molecular weight is 281 g/mol. The Hall–Kier alpha value is -1.67. The highest BCUT2D eigenvalue weighted by Crippen LogP contribution is 2.00. The second-order valence-electron chi connectivity index (χ2n) is 5.17. The first-order valence-corrected chi connectivity index (χ1v) is 6.98. The lowest BCUT2D eigenvalue weighted by Gasteiger charge is -2.19. The Morgan fingerprint density at radius 3 is 3.00 bits per heavy atom. The smallest absolute Gasteiger partial charge is 0.239 e. The van der Waals surface area contributed by atoms with Crippen LogP contribution in [-0.4, -0.2) is 77.2 Å². The van der Waals surface area contributed by atoms with Crippen molar-refractivity contribution in [3.05, 3.63) is 5.82 Å². The van der Waals surface area contributed by atoms with Gasteiger partial charge in [0.15, 0.2) is 0 Å². The zero-order valence-corrected chi connectivity index (χ0v) is 11.9. The fourth-order valence-electron chi connectivity index (χ4n) is 2.26. The number of carbonyl (C=O) groups excluding carboxylic acids is 1. The minimum atomic E-state index is 0.0574. The molecule has 1 saturated heterocycles. The van der Waals surface area contributed by atoms with Crippen molar-refractivity contribution in [3.63, 3.8) is 0 Å². The van der Waals surface area contributed by atoms with Gasteiger partial charge in [0, 0.05) is 26.1 Å². The molecule has 1 aliphatic rings. The Morgan fingerprint density at radius 1 is 1.40 bits per heavy atom. The number of anilines is 1. The van der Waals surface area contributed by atoms with Crippen molar-refractivity contribution in [1.82, 2.24) is 30.3 Å². The van der Waals surface area contributed by atoms with Crippen molar-refractivity contribution < 1.29 is 4.79 Å². The molecule has 2 heterocycles. The van der Waals surface area contributed by atoms with E-state index in [0.717, 1.165) is 32.6 Å². The predicted molar refractivity (Wildman–Crippen MR) is 76.1 cm³/mol. The van der Waals surface area contributed by atoms with Crippen LogP contribution in [0.5, 0.6) is 0 Å². The molecule has 1 aromatic heterocycles. The molecule has 112 valence electrons. The molecule has 2 rings (SSSR count). The summed E-state index contributed by atoms with van der Waals surface area (Å²) in [7, 11) is 2.12. The first kappa shape index (κ1) is 14.7. The summed E-state index contributed by atoms with van der Waals surface area (Å²) in [4.78, 5) is 20.3. The highest BCUT2D eigenvalue weighted by atomic mass is 16.2. The summed E-state index contributed by atoms with van der Waals surface area (Å²) in [5.41, 5.74) is 5.41. The average Bonchev–Trinajstić information content (AvgIpc) is 2.70. The van der Waals surface area contributed by atoms with Crippen LogP contribution in [0.4, 0.5) is 5.95 Å². The quantitative estimate of drug-likeness (QED) is 0.619. The number of nitrogens with two attached hydrogens (primary N) is 1. The van der Waals surface area contributed by atoms with Gasteiger partial charge < -0.3 is 16.0 Å². The number of likely N-dealkylation sites (N-methyl/N-ethyl adjacent to an activating group) is 1. The fraction of sp³-hybridized carbons (Fsp3) is 0.750.